The first-order chi connectivity index (χ1) is 13.7. The van der Waals surface area contributed by atoms with E-state index in [1.54, 1.807) is 0 Å². The molecule has 0 radical (unpaired) electrons. The summed E-state index contributed by atoms with van der Waals surface area (Å²) in [5.74, 6) is -0.861. The molecule has 2 aromatic carbocycles. The normalized spacial score (nSPS) is 14.6. The second-order valence-electron chi connectivity index (χ2n) is 6.97. The van der Waals surface area contributed by atoms with Gasteiger partial charge in [-0.25, -0.2) is 4.79 Å². The summed E-state index contributed by atoms with van der Waals surface area (Å²) in [5.41, 5.74) is -0.0706. The summed E-state index contributed by atoms with van der Waals surface area (Å²) in [7, 11) is 0. The van der Waals surface area contributed by atoms with Crippen LogP contribution in [0, 0.1) is 0 Å². The van der Waals surface area contributed by atoms with Crippen molar-refractivity contribution in [3.05, 3.63) is 71.8 Å². The molecule has 1 N–H and O–H groups in total. The number of carbonyl (C=O) groups is 2. The Morgan fingerprint density at radius 1 is 0.964 bits per heavy atom. The molecule has 1 fully saturated rings. The lowest BCUT2D eigenvalue weighted by molar-refractivity contribution is -0.170. The van der Waals surface area contributed by atoms with Crippen LogP contribution in [0.1, 0.15) is 43.7 Å². The van der Waals surface area contributed by atoms with E-state index in [0.29, 0.717) is 17.7 Å². The van der Waals surface area contributed by atoms with Crippen molar-refractivity contribution in [3.63, 3.8) is 0 Å². The van der Waals surface area contributed by atoms with Gasteiger partial charge in [0.25, 0.3) is 5.91 Å². The van der Waals surface area contributed by atoms with Gasteiger partial charge in [0.15, 0.2) is 6.61 Å². The van der Waals surface area contributed by atoms with Crippen molar-refractivity contribution >= 4 is 11.9 Å². The minimum absolute atomic E-state index is 0.186. The van der Waals surface area contributed by atoms with E-state index in [9.17, 15) is 9.59 Å². The summed E-state index contributed by atoms with van der Waals surface area (Å²) < 4.78 is 11.5. The van der Waals surface area contributed by atoms with Crippen LogP contribution in [0.3, 0.4) is 0 Å². The monoisotopic (exact) mass is 381 g/mol. The molecule has 3 rings (SSSR count). The lowest BCUT2D eigenvalue weighted by Crippen LogP contribution is -2.43. The van der Waals surface area contributed by atoms with E-state index in [1.165, 1.54) is 0 Å². The van der Waals surface area contributed by atoms with Crippen molar-refractivity contribution in [2.45, 2.75) is 44.2 Å². The molecule has 0 aromatic heterocycles. The first-order valence-electron chi connectivity index (χ1n) is 9.88. The van der Waals surface area contributed by atoms with Crippen LogP contribution in [0.25, 0.3) is 0 Å². The van der Waals surface area contributed by atoms with Crippen LogP contribution in [-0.4, -0.2) is 31.1 Å². The Morgan fingerprint density at radius 3 is 2.00 bits per heavy atom. The molecule has 0 unspecified atom stereocenters. The van der Waals surface area contributed by atoms with Crippen LogP contribution in [-0.2, 0) is 24.7 Å². The molecule has 2 aromatic rings. The molecule has 0 saturated heterocycles. The topological polar surface area (TPSA) is 64.6 Å². The Morgan fingerprint density at radius 2 is 1.50 bits per heavy atom. The molecule has 5 nitrogen and oxygen atoms in total. The summed E-state index contributed by atoms with van der Waals surface area (Å²) >= 11 is 0. The molecule has 5 heteroatoms. The summed E-state index contributed by atoms with van der Waals surface area (Å²) in [6.45, 7) is 1.83. The fraction of sp³-hybridized carbons (Fsp3) is 0.391. The number of ether oxygens (including phenoxy) is 2. The maximum atomic E-state index is 13.3. The van der Waals surface area contributed by atoms with Gasteiger partial charge in [-0.3, -0.25) is 4.79 Å². The molecule has 0 heterocycles. The van der Waals surface area contributed by atoms with Crippen molar-refractivity contribution in [2.24, 2.45) is 0 Å². The number of esters is 1. The van der Waals surface area contributed by atoms with E-state index in [1.807, 2.05) is 67.6 Å². The van der Waals surface area contributed by atoms with E-state index in [2.05, 4.69) is 5.32 Å². The third-order valence-corrected chi connectivity index (χ3v) is 5.06. The minimum Gasteiger partial charge on any atom is -0.453 e. The smallest absolute Gasteiger partial charge is 0.348 e. The van der Waals surface area contributed by atoms with Crippen LogP contribution < -0.4 is 5.32 Å². The number of carbonyl (C=O) groups excluding carboxylic acids is 2. The van der Waals surface area contributed by atoms with Crippen molar-refractivity contribution in [1.82, 2.24) is 5.32 Å². The number of hydrogen-bond acceptors (Lipinski definition) is 4. The molecule has 1 aliphatic carbocycles. The average Bonchev–Trinajstić information content (AvgIpc) is 3.24. The quantitative estimate of drug-likeness (QED) is 0.710. The van der Waals surface area contributed by atoms with E-state index < -0.39 is 11.6 Å². The van der Waals surface area contributed by atoms with Crippen LogP contribution >= 0.6 is 0 Å². The fourth-order valence-electron chi connectivity index (χ4n) is 3.76. The van der Waals surface area contributed by atoms with Crippen LogP contribution in [0.15, 0.2) is 60.7 Å². The highest BCUT2D eigenvalue weighted by molar-refractivity contribution is 5.88. The van der Waals surface area contributed by atoms with Crippen LogP contribution in [0.5, 0.6) is 0 Å². The van der Waals surface area contributed by atoms with Gasteiger partial charge in [0.2, 0.25) is 5.60 Å². The molecule has 0 aliphatic heterocycles. The molecule has 0 atom stereocenters. The van der Waals surface area contributed by atoms with Gasteiger partial charge in [-0.1, -0.05) is 73.5 Å². The predicted octanol–water partition coefficient (Wildman–Crippen LogP) is 3.57. The van der Waals surface area contributed by atoms with Crippen molar-refractivity contribution in [3.8, 4) is 0 Å². The van der Waals surface area contributed by atoms with Gasteiger partial charge in [0, 0.05) is 12.6 Å². The van der Waals surface area contributed by atoms with Crippen molar-refractivity contribution < 1.29 is 19.1 Å². The van der Waals surface area contributed by atoms with Gasteiger partial charge in [0.05, 0.1) is 0 Å². The predicted molar refractivity (Wildman–Crippen MR) is 107 cm³/mol. The fourth-order valence-corrected chi connectivity index (χ4v) is 3.76. The zero-order chi connectivity index (χ0) is 19.8. The van der Waals surface area contributed by atoms with Gasteiger partial charge in [-0.15, -0.1) is 0 Å². The zero-order valence-corrected chi connectivity index (χ0v) is 16.2. The number of benzene rings is 2. The number of nitrogens with one attached hydrogen (secondary N) is 1. The maximum Gasteiger partial charge on any atom is 0.348 e. The Hall–Kier alpha value is -2.66. The largest absolute Gasteiger partial charge is 0.453 e. The molecule has 148 valence electrons. The van der Waals surface area contributed by atoms with Crippen molar-refractivity contribution in [1.29, 1.82) is 0 Å². The molecular formula is C23H27NO4. The summed E-state index contributed by atoms with van der Waals surface area (Å²) in [6, 6.07) is 18.7. The number of amides is 1. The highest BCUT2D eigenvalue weighted by Crippen LogP contribution is 2.35. The molecule has 0 spiro atoms. The van der Waals surface area contributed by atoms with Crippen LogP contribution in [0.2, 0.25) is 0 Å². The summed E-state index contributed by atoms with van der Waals surface area (Å²) in [6.07, 6.45) is 4.22. The third-order valence-electron chi connectivity index (χ3n) is 5.06. The first-order valence-corrected chi connectivity index (χ1v) is 9.88. The Labute approximate surface area is 166 Å². The number of rotatable bonds is 8. The molecule has 1 saturated carbocycles. The zero-order valence-electron chi connectivity index (χ0n) is 16.2. The Balaban J connectivity index is 1.83. The molecule has 0 bridgehead atoms. The lowest BCUT2D eigenvalue weighted by atomic mass is 9.86. The standard InChI is InChI=1S/C23H27NO4/c1-2-28-23(18-11-5-3-6-12-18,19-13-7-4-8-14-19)22(26)27-17-21(25)24-20-15-9-10-16-20/h3-8,11-14,20H,2,9-10,15-17H2,1H3,(H,24,25). The highest BCUT2D eigenvalue weighted by Gasteiger charge is 2.45. The second kappa shape index (κ2) is 9.51. The summed E-state index contributed by atoms with van der Waals surface area (Å²) in [5, 5.41) is 2.94. The van der Waals surface area contributed by atoms with E-state index in [0.717, 1.165) is 25.7 Å². The maximum absolute atomic E-state index is 13.3. The van der Waals surface area contributed by atoms with Gasteiger partial charge >= 0.3 is 5.97 Å². The van der Waals surface area contributed by atoms with Gasteiger partial charge < -0.3 is 14.8 Å². The first kappa shape index (κ1) is 20.1. The third kappa shape index (κ3) is 4.42. The summed E-state index contributed by atoms with van der Waals surface area (Å²) in [4.78, 5) is 25.5. The average molecular weight is 381 g/mol. The van der Waals surface area contributed by atoms with Gasteiger partial charge in [-0.05, 0) is 30.9 Å². The lowest BCUT2D eigenvalue weighted by Gasteiger charge is -2.32. The minimum atomic E-state index is -1.41. The molecule has 1 aliphatic rings. The number of hydrogen-bond donors (Lipinski definition) is 1. The Bertz CT molecular complexity index is 730. The second-order valence-corrected chi connectivity index (χ2v) is 6.97. The van der Waals surface area contributed by atoms with Crippen LogP contribution in [0.4, 0.5) is 0 Å². The molecule has 1 amide bonds. The molecule has 28 heavy (non-hydrogen) atoms. The van der Waals surface area contributed by atoms with E-state index in [4.69, 9.17) is 9.47 Å². The molecular weight excluding hydrogens is 354 g/mol. The highest BCUT2D eigenvalue weighted by atomic mass is 16.6. The van der Waals surface area contributed by atoms with E-state index >= 15 is 0 Å². The van der Waals surface area contributed by atoms with E-state index in [-0.39, 0.29) is 18.6 Å². The SMILES string of the molecule is CCOC(C(=O)OCC(=O)NC1CCCC1)(c1ccccc1)c1ccccc1. The van der Waals surface area contributed by atoms with Crippen molar-refractivity contribution in [2.75, 3.05) is 13.2 Å². The van der Waals surface area contributed by atoms with Gasteiger partial charge in [0.1, 0.15) is 0 Å². The Kier molecular flexibility index (Phi) is 6.82. The van der Waals surface area contributed by atoms with Gasteiger partial charge in [-0.2, -0.15) is 0 Å².